The van der Waals surface area contributed by atoms with Crippen molar-refractivity contribution < 1.29 is 4.79 Å². The van der Waals surface area contributed by atoms with E-state index in [2.05, 4.69) is 24.5 Å². The fraction of sp³-hybridized carbons (Fsp3) is 0.941. The molecule has 20 heavy (non-hydrogen) atoms. The minimum atomic E-state index is -0.116. The highest BCUT2D eigenvalue weighted by molar-refractivity contribution is 5.83. The molecule has 116 valence electrons. The molecule has 0 radical (unpaired) electrons. The summed E-state index contributed by atoms with van der Waals surface area (Å²) in [4.78, 5) is 12.7. The van der Waals surface area contributed by atoms with Crippen molar-refractivity contribution in [3.63, 3.8) is 0 Å². The van der Waals surface area contributed by atoms with E-state index in [0.29, 0.717) is 11.9 Å². The molecule has 2 N–H and O–H groups in total. The monoisotopic (exact) mass is 280 g/mol. The first-order chi connectivity index (χ1) is 9.70. The van der Waals surface area contributed by atoms with Gasteiger partial charge in [0.2, 0.25) is 5.91 Å². The van der Waals surface area contributed by atoms with Crippen molar-refractivity contribution in [1.29, 1.82) is 0 Å². The van der Waals surface area contributed by atoms with E-state index in [1.165, 1.54) is 38.5 Å². The van der Waals surface area contributed by atoms with Gasteiger partial charge in [0.1, 0.15) is 0 Å². The Bertz CT molecular complexity index is 302. The lowest BCUT2D eigenvalue weighted by Gasteiger charge is -2.33. The summed E-state index contributed by atoms with van der Waals surface area (Å²) in [5.74, 6) is 1.23. The Kier molecular flexibility index (Phi) is 5.88. The molecule has 2 aliphatic rings. The van der Waals surface area contributed by atoms with Crippen molar-refractivity contribution in [2.75, 3.05) is 13.1 Å². The van der Waals surface area contributed by atoms with Crippen molar-refractivity contribution >= 4 is 5.91 Å². The van der Waals surface area contributed by atoms with Crippen LogP contribution < -0.4 is 10.6 Å². The molecule has 1 amide bonds. The molecule has 1 aliphatic heterocycles. The third-order valence-corrected chi connectivity index (χ3v) is 5.33. The predicted octanol–water partition coefficient (Wildman–Crippen LogP) is 3.24. The quantitative estimate of drug-likeness (QED) is 0.784. The Morgan fingerprint density at radius 1 is 1.20 bits per heavy atom. The highest BCUT2D eigenvalue weighted by atomic mass is 16.2. The standard InChI is InChI=1S/C17H32N2O/c1-3-5-14-6-8-15(9-7-14)19-16(20)17(10-4-2)11-12-18-13-17/h14-15,18H,3-13H2,1-2H3,(H,19,20). The number of nitrogens with one attached hydrogen (secondary N) is 2. The molecule has 2 fully saturated rings. The van der Waals surface area contributed by atoms with Crippen LogP contribution in [0.1, 0.15) is 71.6 Å². The van der Waals surface area contributed by atoms with Crippen LogP contribution in [0.5, 0.6) is 0 Å². The van der Waals surface area contributed by atoms with Gasteiger partial charge < -0.3 is 10.6 Å². The average molecular weight is 280 g/mol. The maximum Gasteiger partial charge on any atom is 0.227 e. The van der Waals surface area contributed by atoms with Crippen LogP contribution in [0.3, 0.4) is 0 Å². The number of amides is 1. The summed E-state index contributed by atoms with van der Waals surface area (Å²) in [6, 6.07) is 0.435. The summed E-state index contributed by atoms with van der Waals surface area (Å²) in [7, 11) is 0. The molecule has 3 nitrogen and oxygen atoms in total. The summed E-state index contributed by atoms with van der Waals surface area (Å²) in [6.07, 6.45) is 10.8. The number of hydrogen-bond acceptors (Lipinski definition) is 2. The second-order valence-corrected chi connectivity index (χ2v) is 6.94. The van der Waals surface area contributed by atoms with Gasteiger partial charge in [0.25, 0.3) is 0 Å². The third kappa shape index (κ3) is 3.75. The van der Waals surface area contributed by atoms with Crippen molar-refractivity contribution in [2.45, 2.75) is 77.7 Å². The SMILES string of the molecule is CCCC1CCC(NC(=O)C2(CCC)CCNC2)CC1. The summed E-state index contributed by atoms with van der Waals surface area (Å²) in [6.45, 7) is 6.33. The van der Waals surface area contributed by atoms with Gasteiger partial charge in [-0.3, -0.25) is 4.79 Å². The molecule has 2 rings (SSSR count). The van der Waals surface area contributed by atoms with E-state index in [1.807, 2.05) is 0 Å². The minimum Gasteiger partial charge on any atom is -0.353 e. The largest absolute Gasteiger partial charge is 0.353 e. The zero-order valence-corrected chi connectivity index (χ0v) is 13.3. The first kappa shape index (κ1) is 15.8. The van der Waals surface area contributed by atoms with Crippen LogP contribution in [0.4, 0.5) is 0 Å². The number of hydrogen-bond donors (Lipinski definition) is 2. The van der Waals surface area contributed by atoms with E-state index in [0.717, 1.165) is 38.3 Å². The highest BCUT2D eigenvalue weighted by Gasteiger charge is 2.41. The van der Waals surface area contributed by atoms with Crippen molar-refractivity contribution in [3.8, 4) is 0 Å². The van der Waals surface area contributed by atoms with E-state index in [4.69, 9.17) is 0 Å². The summed E-state index contributed by atoms with van der Waals surface area (Å²) >= 11 is 0. The molecule has 0 aromatic heterocycles. The molecule has 1 atom stereocenters. The minimum absolute atomic E-state index is 0.116. The second-order valence-electron chi connectivity index (χ2n) is 6.94. The maximum absolute atomic E-state index is 12.7. The van der Waals surface area contributed by atoms with Gasteiger partial charge in [-0.1, -0.05) is 33.1 Å². The average Bonchev–Trinajstić information content (AvgIpc) is 2.92. The summed E-state index contributed by atoms with van der Waals surface area (Å²) in [5.41, 5.74) is -0.116. The van der Waals surface area contributed by atoms with Gasteiger partial charge in [-0.2, -0.15) is 0 Å². The number of carbonyl (C=O) groups is 1. The molecule has 3 heteroatoms. The van der Waals surface area contributed by atoms with Gasteiger partial charge in [-0.25, -0.2) is 0 Å². The van der Waals surface area contributed by atoms with E-state index < -0.39 is 0 Å². The number of rotatable bonds is 6. The van der Waals surface area contributed by atoms with Crippen LogP contribution in [0.25, 0.3) is 0 Å². The Morgan fingerprint density at radius 3 is 2.50 bits per heavy atom. The van der Waals surface area contributed by atoms with E-state index in [1.54, 1.807) is 0 Å². The van der Waals surface area contributed by atoms with Crippen molar-refractivity contribution in [1.82, 2.24) is 10.6 Å². The van der Waals surface area contributed by atoms with E-state index in [-0.39, 0.29) is 5.41 Å². The molecule has 0 bridgehead atoms. The fourth-order valence-electron chi connectivity index (χ4n) is 4.09. The van der Waals surface area contributed by atoms with Crippen LogP contribution in [0, 0.1) is 11.3 Å². The summed E-state index contributed by atoms with van der Waals surface area (Å²) in [5, 5.41) is 6.75. The van der Waals surface area contributed by atoms with Gasteiger partial charge in [0.05, 0.1) is 5.41 Å². The molecule has 0 aromatic rings. The van der Waals surface area contributed by atoms with Crippen LogP contribution in [-0.2, 0) is 4.79 Å². The molecular formula is C17H32N2O. The Hall–Kier alpha value is -0.570. The van der Waals surface area contributed by atoms with Gasteiger partial charge in [-0.15, -0.1) is 0 Å². The van der Waals surface area contributed by atoms with Crippen molar-refractivity contribution in [3.05, 3.63) is 0 Å². The van der Waals surface area contributed by atoms with Gasteiger partial charge in [0, 0.05) is 12.6 Å². The van der Waals surface area contributed by atoms with E-state index >= 15 is 0 Å². The maximum atomic E-state index is 12.7. The Labute approximate surface area is 124 Å². The van der Waals surface area contributed by atoms with Gasteiger partial charge in [0.15, 0.2) is 0 Å². The van der Waals surface area contributed by atoms with Crippen LogP contribution in [0.15, 0.2) is 0 Å². The van der Waals surface area contributed by atoms with Crippen LogP contribution >= 0.6 is 0 Å². The second kappa shape index (κ2) is 7.44. The fourth-order valence-corrected chi connectivity index (χ4v) is 4.09. The molecule has 1 heterocycles. The van der Waals surface area contributed by atoms with Crippen LogP contribution in [-0.4, -0.2) is 25.0 Å². The highest BCUT2D eigenvalue weighted by Crippen LogP contribution is 2.33. The lowest BCUT2D eigenvalue weighted by Crippen LogP contribution is -2.47. The first-order valence-corrected chi connectivity index (χ1v) is 8.72. The lowest BCUT2D eigenvalue weighted by atomic mass is 9.79. The van der Waals surface area contributed by atoms with Crippen molar-refractivity contribution in [2.24, 2.45) is 11.3 Å². The summed E-state index contributed by atoms with van der Waals surface area (Å²) < 4.78 is 0. The molecular weight excluding hydrogens is 248 g/mol. The smallest absolute Gasteiger partial charge is 0.227 e. The third-order valence-electron chi connectivity index (χ3n) is 5.33. The topological polar surface area (TPSA) is 41.1 Å². The van der Waals surface area contributed by atoms with Gasteiger partial charge in [-0.05, 0) is 51.0 Å². The van der Waals surface area contributed by atoms with Gasteiger partial charge >= 0.3 is 0 Å². The molecule has 1 unspecified atom stereocenters. The first-order valence-electron chi connectivity index (χ1n) is 8.72. The molecule has 1 saturated heterocycles. The zero-order valence-electron chi connectivity index (χ0n) is 13.3. The zero-order chi connectivity index (χ0) is 14.4. The Morgan fingerprint density at radius 2 is 1.95 bits per heavy atom. The van der Waals surface area contributed by atoms with E-state index in [9.17, 15) is 4.79 Å². The normalized spacial score (nSPS) is 34.1. The lowest BCUT2D eigenvalue weighted by molar-refractivity contribution is -0.131. The molecule has 1 aliphatic carbocycles. The number of carbonyl (C=O) groups excluding carboxylic acids is 1. The molecule has 0 spiro atoms. The predicted molar refractivity (Wildman–Crippen MR) is 83.6 cm³/mol. The molecule has 1 saturated carbocycles. The van der Waals surface area contributed by atoms with Crippen LogP contribution in [0.2, 0.25) is 0 Å². The Balaban J connectivity index is 1.82. The molecule has 0 aromatic carbocycles.